The summed E-state index contributed by atoms with van der Waals surface area (Å²) in [5, 5.41) is 4.89. The molecule has 0 aliphatic carbocycles. The number of nitrogens with one attached hydrogen (secondary N) is 1. The highest BCUT2D eigenvalue weighted by Gasteiger charge is 2.21. The molecule has 2 aromatic heterocycles. The average Bonchev–Trinajstić information content (AvgIpc) is 3.28. The lowest BCUT2D eigenvalue weighted by Gasteiger charge is -2.19. The molecule has 0 saturated carbocycles. The van der Waals surface area contributed by atoms with Crippen LogP contribution in [0.25, 0.3) is 10.2 Å². The van der Waals surface area contributed by atoms with Crippen LogP contribution in [0.1, 0.15) is 34.6 Å². The predicted octanol–water partition coefficient (Wildman–Crippen LogP) is 5.38. The van der Waals surface area contributed by atoms with E-state index >= 15 is 0 Å². The molecular formula is C22H19FN2OS. The first-order valence-electron chi connectivity index (χ1n) is 8.80. The van der Waals surface area contributed by atoms with Crippen molar-refractivity contribution in [2.75, 3.05) is 0 Å². The molecule has 1 unspecified atom stereocenters. The predicted molar refractivity (Wildman–Crippen MR) is 108 cm³/mol. The Morgan fingerprint density at radius 1 is 1.11 bits per heavy atom. The molecule has 0 saturated heterocycles. The Kier molecular flexibility index (Phi) is 4.77. The molecule has 0 aliphatic heterocycles. The van der Waals surface area contributed by atoms with Crippen molar-refractivity contribution in [1.29, 1.82) is 0 Å². The molecule has 136 valence electrons. The number of rotatable bonds is 5. The van der Waals surface area contributed by atoms with Gasteiger partial charge in [-0.1, -0.05) is 48.5 Å². The Hall–Kier alpha value is -2.92. The van der Waals surface area contributed by atoms with Gasteiger partial charge in [-0.05, 0) is 36.1 Å². The second-order valence-electron chi connectivity index (χ2n) is 6.43. The number of hydrogen-bond donors (Lipinski definition) is 1. The topological polar surface area (TPSA) is 34.0 Å². The SMILES string of the molecule is CC(c1ccccc1)n1c(C(=O)NCc2ccccc2F)cc2sccc21. The van der Waals surface area contributed by atoms with Crippen LogP contribution >= 0.6 is 11.3 Å². The summed E-state index contributed by atoms with van der Waals surface area (Å²) in [4.78, 5) is 12.9. The molecule has 2 heterocycles. The smallest absolute Gasteiger partial charge is 0.268 e. The molecule has 27 heavy (non-hydrogen) atoms. The summed E-state index contributed by atoms with van der Waals surface area (Å²) >= 11 is 1.61. The van der Waals surface area contributed by atoms with Gasteiger partial charge in [0, 0.05) is 12.1 Å². The Labute approximate surface area is 161 Å². The lowest BCUT2D eigenvalue weighted by molar-refractivity contribution is 0.0941. The second-order valence-corrected chi connectivity index (χ2v) is 7.38. The van der Waals surface area contributed by atoms with Crippen LogP contribution in [0.3, 0.4) is 0 Å². The number of fused-ring (bicyclic) bond motifs is 1. The minimum atomic E-state index is -0.313. The maximum absolute atomic E-state index is 13.8. The van der Waals surface area contributed by atoms with Crippen molar-refractivity contribution in [2.24, 2.45) is 0 Å². The monoisotopic (exact) mass is 378 g/mol. The first-order valence-corrected chi connectivity index (χ1v) is 9.68. The molecule has 2 aromatic carbocycles. The van der Waals surface area contributed by atoms with Gasteiger partial charge < -0.3 is 9.88 Å². The summed E-state index contributed by atoms with van der Waals surface area (Å²) in [5.74, 6) is -0.517. The fourth-order valence-corrected chi connectivity index (χ4v) is 4.14. The molecule has 1 amide bonds. The van der Waals surface area contributed by atoms with Crippen LogP contribution in [0.2, 0.25) is 0 Å². The zero-order chi connectivity index (χ0) is 18.8. The number of nitrogens with zero attached hydrogens (tertiary/aromatic N) is 1. The molecule has 1 N–H and O–H groups in total. The van der Waals surface area contributed by atoms with E-state index in [0.717, 1.165) is 15.8 Å². The van der Waals surface area contributed by atoms with Crippen LogP contribution in [-0.2, 0) is 6.54 Å². The number of carbonyl (C=O) groups excluding carboxylic acids is 1. The van der Waals surface area contributed by atoms with Crippen LogP contribution in [0.4, 0.5) is 4.39 Å². The zero-order valence-corrected chi connectivity index (χ0v) is 15.7. The summed E-state index contributed by atoms with van der Waals surface area (Å²) in [6, 6.07) is 20.5. The number of benzene rings is 2. The number of amides is 1. The molecule has 5 heteroatoms. The fraction of sp³-hybridized carbons (Fsp3) is 0.136. The highest BCUT2D eigenvalue weighted by Crippen LogP contribution is 2.31. The molecule has 0 bridgehead atoms. The molecule has 0 fully saturated rings. The molecule has 0 aliphatic rings. The molecule has 3 nitrogen and oxygen atoms in total. The Morgan fingerprint density at radius 3 is 2.63 bits per heavy atom. The van der Waals surface area contributed by atoms with Crippen LogP contribution in [0, 0.1) is 5.82 Å². The maximum atomic E-state index is 13.8. The van der Waals surface area contributed by atoms with Gasteiger partial charge >= 0.3 is 0 Å². The highest BCUT2D eigenvalue weighted by molar-refractivity contribution is 7.17. The molecule has 4 aromatic rings. The van der Waals surface area contributed by atoms with E-state index in [-0.39, 0.29) is 24.3 Å². The Balaban J connectivity index is 1.66. The van der Waals surface area contributed by atoms with E-state index in [1.54, 1.807) is 29.5 Å². The largest absolute Gasteiger partial charge is 0.347 e. The average molecular weight is 378 g/mol. The lowest BCUT2D eigenvalue weighted by atomic mass is 10.1. The second kappa shape index (κ2) is 7.37. The highest BCUT2D eigenvalue weighted by atomic mass is 32.1. The van der Waals surface area contributed by atoms with Gasteiger partial charge in [-0.25, -0.2) is 4.39 Å². The van der Waals surface area contributed by atoms with E-state index in [1.807, 2.05) is 35.7 Å². The standard InChI is InChI=1S/C22H19FN2OS/c1-15(16-7-3-2-4-8-16)25-19-11-12-27-21(19)13-20(25)22(26)24-14-17-9-5-6-10-18(17)23/h2-13,15H,14H2,1H3,(H,24,26). The van der Waals surface area contributed by atoms with Gasteiger partial charge in [0.25, 0.3) is 5.91 Å². The summed E-state index contributed by atoms with van der Waals surface area (Å²) in [5.41, 5.74) is 3.23. The Bertz CT molecular complexity index is 1080. The van der Waals surface area contributed by atoms with Crippen molar-refractivity contribution >= 4 is 27.5 Å². The van der Waals surface area contributed by atoms with Crippen molar-refractivity contribution < 1.29 is 9.18 Å². The van der Waals surface area contributed by atoms with Crippen molar-refractivity contribution in [1.82, 2.24) is 9.88 Å². The van der Waals surface area contributed by atoms with Crippen molar-refractivity contribution in [3.8, 4) is 0 Å². The van der Waals surface area contributed by atoms with E-state index in [9.17, 15) is 9.18 Å². The first-order chi connectivity index (χ1) is 13.1. The van der Waals surface area contributed by atoms with Gasteiger partial charge in [0.1, 0.15) is 11.5 Å². The maximum Gasteiger partial charge on any atom is 0.268 e. The Morgan fingerprint density at radius 2 is 1.85 bits per heavy atom. The van der Waals surface area contributed by atoms with Crippen molar-refractivity contribution in [3.05, 3.63) is 94.7 Å². The van der Waals surface area contributed by atoms with Gasteiger partial charge in [0.05, 0.1) is 16.3 Å². The summed E-state index contributed by atoms with van der Waals surface area (Å²) < 4.78 is 17.0. The van der Waals surface area contributed by atoms with Gasteiger partial charge in [-0.15, -0.1) is 11.3 Å². The van der Waals surface area contributed by atoms with Gasteiger partial charge in [-0.3, -0.25) is 4.79 Å². The van der Waals surface area contributed by atoms with E-state index in [0.29, 0.717) is 11.3 Å². The molecule has 0 radical (unpaired) electrons. The van der Waals surface area contributed by atoms with Crippen LogP contribution in [0.15, 0.2) is 72.1 Å². The quantitative estimate of drug-likeness (QED) is 0.497. The minimum absolute atomic E-state index is 0.00695. The van der Waals surface area contributed by atoms with Crippen molar-refractivity contribution in [2.45, 2.75) is 19.5 Å². The molecule has 4 rings (SSSR count). The normalized spacial score (nSPS) is 12.2. The lowest BCUT2D eigenvalue weighted by Crippen LogP contribution is -2.27. The van der Waals surface area contributed by atoms with Gasteiger partial charge in [0.15, 0.2) is 0 Å². The molecule has 1 atom stereocenters. The fourth-order valence-electron chi connectivity index (χ4n) is 3.33. The summed E-state index contributed by atoms with van der Waals surface area (Å²) in [6.45, 7) is 2.24. The minimum Gasteiger partial charge on any atom is -0.347 e. The third-order valence-electron chi connectivity index (χ3n) is 4.76. The number of carbonyl (C=O) groups is 1. The molecular weight excluding hydrogens is 359 g/mol. The van der Waals surface area contributed by atoms with E-state index in [4.69, 9.17) is 0 Å². The number of thiophene rings is 1. The third kappa shape index (κ3) is 3.38. The summed E-state index contributed by atoms with van der Waals surface area (Å²) in [7, 11) is 0. The van der Waals surface area contributed by atoms with Crippen LogP contribution in [-0.4, -0.2) is 10.5 Å². The number of halogens is 1. The van der Waals surface area contributed by atoms with E-state index in [2.05, 4.69) is 28.9 Å². The van der Waals surface area contributed by atoms with E-state index in [1.165, 1.54) is 6.07 Å². The number of aromatic nitrogens is 1. The summed E-state index contributed by atoms with van der Waals surface area (Å²) in [6.07, 6.45) is 0. The first kappa shape index (κ1) is 17.5. The zero-order valence-electron chi connectivity index (χ0n) is 14.9. The van der Waals surface area contributed by atoms with Gasteiger partial charge in [0.2, 0.25) is 0 Å². The third-order valence-corrected chi connectivity index (χ3v) is 5.61. The number of hydrogen-bond acceptors (Lipinski definition) is 2. The van der Waals surface area contributed by atoms with Gasteiger partial charge in [-0.2, -0.15) is 0 Å². The van der Waals surface area contributed by atoms with Crippen LogP contribution in [0.5, 0.6) is 0 Å². The van der Waals surface area contributed by atoms with E-state index < -0.39 is 0 Å². The van der Waals surface area contributed by atoms with Crippen LogP contribution < -0.4 is 5.32 Å². The van der Waals surface area contributed by atoms with Crippen molar-refractivity contribution in [3.63, 3.8) is 0 Å². The molecule has 0 spiro atoms.